The number of nitrogens with zero attached hydrogens (tertiary/aromatic N) is 1. The molecule has 0 aliphatic carbocycles. The lowest BCUT2D eigenvalue weighted by Gasteiger charge is -2.08. The first-order chi connectivity index (χ1) is 11.8. The zero-order valence-corrected chi connectivity index (χ0v) is 14.1. The maximum atomic E-state index is 11.9. The Labute approximate surface area is 145 Å². The number of benzene rings is 1. The van der Waals surface area contributed by atoms with Gasteiger partial charge >= 0.3 is 6.03 Å². The number of rotatable bonds is 6. The highest BCUT2D eigenvalue weighted by molar-refractivity contribution is 7.13. The molecule has 3 rings (SSSR count). The third-order valence-electron chi connectivity index (χ3n) is 3.60. The van der Waals surface area contributed by atoms with E-state index < -0.39 is 0 Å². The van der Waals surface area contributed by atoms with Crippen LogP contribution in [0.15, 0.2) is 66.3 Å². The van der Waals surface area contributed by atoms with Crippen molar-refractivity contribution in [1.29, 1.82) is 0 Å². The number of thiophene rings is 1. The molecule has 0 bridgehead atoms. The average molecular weight is 337 g/mol. The largest absolute Gasteiger partial charge is 0.338 e. The number of aromatic nitrogens is 1. The van der Waals surface area contributed by atoms with Gasteiger partial charge in [-0.2, -0.15) is 0 Å². The molecule has 2 amide bonds. The van der Waals surface area contributed by atoms with E-state index in [2.05, 4.69) is 39.9 Å². The zero-order chi connectivity index (χ0) is 16.6. The zero-order valence-electron chi connectivity index (χ0n) is 13.2. The van der Waals surface area contributed by atoms with E-state index in [0.29, 0.717) is 13.1 Å². The summed E-state index contributed by atoms with van der Waals surface area (Å²) in [4.78, 5) is 17.3. The molecule has 3 aromatic rings. The molecule has 24 heavy (non-hydrogen) atoms. The fourth-order valence-electron chi connectivity index (χ4n) is 2.37. The number of hydrogen-bond donors (Lipinski definition) is 2. The molecule has 0 radical (unpaired) electrons. The van der Waals surface area contributed by atoms with Gasteiger partial charge in [0.2, 0.25) is 0 Å². The summed E-state index contributed by atoms with van der Waals surface area (Å²) in [6, 6.07) is 16.1. The number of urea groups is 1. The van der Waals surface area contributed by atoms with Crippen molar-refractivity contribution in [1.82, 2.24) is 15.6 Å². The molecule has 0 unspecified atom stereocenters. The van der Waals surface area contributed by atoms with Gasteiger partial charge in [-0.25, -0.2) is 4.79 Å². The van der Waals surface area contributed by atoms with Crippen LogP contribution in [0.2, 0.25) is 0 Å². The van der Waals surface area contributed by atoms with Crippen LogP contribution in [0.5, 0.6) is 0 Å². The Balaban J connectivity index is 1.45. The molecule has 0 aliphatic heterocycles. The molecule has 0 saturated carbocycles. The SMILES string of the molecule is O=C(NCCc1ccccc1)NCc1cncc(-c2cccs2)c1. The fourth-order valence-corrected chi connectivity index (χ4v) is 3.08. The molecule has 2 aromatic heterocycles. The first-order valence-corrected chi connectivity index (χ1v) is 8.72. The quantitative estimate of drug-likeness (QED) is 0.718. The van der Waals surface area contributed by atoms with Gasteiger partial charge in [-0.05, 0) is 35.1 Å². The van der Waals surface area contributed by atoms with E-state index >= 15 is 0 Å². The molecule has 0 saturated heterocycles. The smallest absolute Gasteiger partial charge is 0.315 e. The van der Waals surface area contributed by atoms with Gasteiger partial charge in [-0.15, -0.1) is 11.3 Å². The fraction of sp³-hybridized carbons (Fsp3) is 0.158. The molecular formula is C19H19N3OS. The van der Waals surface area contributed by atoms with Crippen molar-refractivity contribution in [3.8, 4) is 10.4 Å². The standard InChI is InChI=1S/C19H19N3OS/c23-19(21-9-8-15-5-2-1-3-6-15)22-13-16-11-17(14-20-12-16)18-7-4-10-24-18/h1-7,10-12,14H,8-9,13H2,(H2,21,22,23). The van der Waals surface area contributed by atoms with Gasteiger partial charge in [0.25, 0.3) is 0 Å². The summed E-state index contributed by atoms with van der Waals surface area (Å²) in [7, 11) is 0. The second-order valence-electron chi connectivity index (χ2n) is 5.40. The molecule has 1 aromatic carbocycles. The van der Waals surface area contributed by atoms with E-state index in [-0.39, 0.29) is 6.03 Å². The Bertz CT molecular complexity index is 772. The summed E-state index contributed by atoms with van der Waals surface area (Å²) in [5.41, 5.74) is 3.28. The normalized spacial score (nSPS) is 10.3. The van der Waals surface area contributed by atoms with Gasteiger partial charge < -0.3 is 10.6 Å². The van der Waals surface area contributed by atoms with Crippen molar-refractivity contribution in [2.24, 2.45) is 0 Å². The molecule has 0 atom stereocenters. The molecular weight excluding hydrogens is 318 g/mol. The first kappa shape index (κ1) is 16.2. The summed E-state index contributed by atoms with van der Waals surface area (Å²) in [5, 5.41) is 7.79. The van der Waals surface area contributed by atoms with Crippen LogP contribution in [0, 0.1) is 0 Å². The van der Waals surface area contributed by atoms with Gasteiger partial charge in [0.05, 0.1) is 0 Å². The van der Waals surface area contributed by atoms with Gasteiger partial charge in [-0.3, -0.25) is 4.98 Å². The van der Waals surface area contributed by atoms with E-state index in [4.69, 9.17) is 0 Å². The lowest BCUT2D eigenvalue weighted by molar-refractivity contribution is 0.240. The minimum atomic E-state index is -0.160. The highest BCUT2D eigenvalue weighted by Crippen LogP contribution is 2.24. The lowest BCUT2D eigenvalue weighted by Crippen LogP contribution is -2.36. The number of carbonyl (C=O) groups excluding carboxylic acids is 1. The maximum absolute atomic E-state index is 11.9. The predicted octanol–water partition coefficient (Wildman–Crippen LogP) is 3.85. The van der Waals surface area contributed by atoms with Gasteiger partial charge in [-0.1, -0.05) is 36.4 Å². The second-order valence-corrected chi connectivity index (χ2v) is 6.35. The first-order valence-electron chi connectivity index (χ1n) is 7.85. The number of amides is 2. The summed E-state index contributed by atoms with van der Waals surface area (Å²) < 4.78 is 0. The van der Waals surface area contributed by atoms with E-state index in [1.54, 1.807) is 17.5 Å². The molecule has 2 N–H and O–H groups in total. The number of hydrogen-bond acceptors (Lipinski definition) is 3. The van der Waals surface area contributed by atoms with Gasteiger partial charge in [0.1, 0.15) is 0 Å². The van der Waals surface area contributed by atoms with Crippen molar-refractivity contribution in [3.05, 3.63) is 77.4 Å². The average Bonchev–Trinajstić information content (AvgIpc) is 3.16. The van der Waals surface area contributed by atoms with Crippen molar-refractivity contribution in [3.63, 3.8) is 0 Å². The highest BCUT2D eigenvalue weighted by Gasteiger charge is 2.03. The van der Waals surface area contributed by atoms with Crippen LogP contribution < -0.4 is 10.6 Å². The Morgan fingerprint density at radius 2 is 1.88 bits per heavy atom. The van der Waals surface area contributed by atoms with Crippen molar-refractivity contribution >= 4 is 17.4 Å². The van der Waals surface area contributed by atoms with Crippen LogP contribution in [0.1, 0.15) is 11.1 Å². The second kappa shape index (κ2) is 8.26. The summed E-state index contributed by atoms with van der Waals surface area (Å²) in [6.45, 7) is 1.08. The third kappa shape index (κ3) is 4.67. The van der Waals surface area contributed by atoms with Crippen molar-refractivity contribution in [2.45, 2.75) is 13.0 Å². The topological polar surface area (TPSA) is 54.0 Å². The van der Waals surface area contributed by atoms with Crippen LogP contribution in [0.25, 0.3) is 10.4 Å². The van der Waals surface area contributed by atoms with Gasteiger partial charge in [0, 0.05) is 35.9 Å². The predicted molar refractivity (Wildman–Crippen MR) is 97.9 cm³/mol. The van der Waals surface area contributed by atoms with Crippen LogP contribution in [-0.4, -0.2) is 17.6 Å². The number of nitrogens with one attached hydrogen (secondary N) is 2. The minimum Gasteiger partial charge on any atom is -0.338 e. The van der Waals surface area contributed by atoms with Crippen molar-refractivity contribution < 1.29 is 4.79 Å². The van der Waals surface area contributed by atoms with E-state index in [1.807, 2.05) is 35.8 Å². The molecule has 0 fully saturated rings. The molecule has 5 heteroatoms. The molecule has 4 nitrogen and oxygen atoms in total. The maximum Gasteiger partial charge on any atom is 0.315 e. The van der Waals surface area contributed by atoms with E-state index in [9.17, 15) is 4.79 Å². The van der Waals surface area contributed by atoms with Crippen molar-refractivity contribution in [2.75, 3.05) is 6.54 Å². The highest BCUT2D eigenvalue weighted by atomic mass is 32.1. The number of pyridine rings is 1. The van der Waals surface area contributed by atoms with E-state index in [0.717, 1.165) is 17.5 Å². The monoisotopic (exact) mass is 337 g/mol. The van der Waals surface area contributed by atoms with Crippen LogP contribution >= 0.6 is 11.3 Å². The molecule has 2 heterocycles. The number of carbonyl (C=O) groups is 1. The van der Waals surface area contributed by atoms with E-state index in [1.165, 1.54) is 10.4 Å². The molecule has 122 valence electrons. The summed E-state index contributed by atoms with van der Waals surface area (Å²) in [5.74, 6) is 0. The minimum absolute atomic E-state index is 0.160. The van der Waals surface area contributed by atoms with Crippen LogP contribution in [0.4, 0.5) is 4.79 Å². The summed E-state index contributed by atoms with van der Waals surface area (Å²) in [6.07, 6.45) is 4.44. The van der Waals surface area contributed by atoms with Crippen LogP contribution in [-0.2, 0) is 13.0 Å². The van der Waals surface area contributed by atoms with Gasteiger partial charge in [0.15, 0.2) is 0 Å². The Morgan fingerprint density at radius 3 is 2.67 bits per heavy atom. The molecule has 0 aliphatic rings. The summed E-state index contributed by atoms with van der Waals surface area (Å²) >= 11 is 1.68. The Morgan fingerprint density at radius 1 is 1.00 bits per heavy atom. The Kier molecular flexibility index (Phi) is 5.58. The third-order valence-corrected chi connectivity index (χ3v) is 4.51. The molecule has 0 spiro atoms. The van der Waals surface area contributed by atoms with Crippen LogP contribution in [0.3, 0.4) is 0 Å². The Hall–Kier alpha value is -2.66. The lowest BCUT2D eigenvalue weighted by atomic mass is 10.1.